The lowest BCUT2D eigenvalue weighted by molar-refractivity contribution is 0.314. The highest BCUT2D eigenvalue weighted by molar-refractivity contribution is 8.00. The van der Waals surface area contributed by atoms with Gasteiger partial charge in [-0.05, 0) is 19.8 Å². The zero-order valence-electron chi connectivity index (χ0n) is 9.83. The molecule has 0 radical (unpaired) electrons. The molecule has 2 fully saturated rings. The average Bonchev–Trinajstić information content (AvgIpc) is 2.74. The van der Waals surface area contributed by atoms with Crippen molar-refractivity contribution in [1.82, 2.24) is 4.90 Å². The molecule has 2 rings (SSSR count). The van der Waals surface area contributed by atoms with Crippen LogP contribution in [0.2, 0.25) is 0 Å². The van der Waals surface area contributed by atoms with Crippen LogP contribution < -0.4 is 0 Å². The normalized spacial score (nSPS) is 33.3. The average molecular weight is 226 g/mol. The molecule has 2 nitrogen and oxygen atoms in total. The molecule has 15 heavy (non-hydrogen) atoms. The maximum Gasteiger partial charge on any atom is 0.0992 e. The van der Waals surface area contributed by atoms with Gasteiger partial charge in [-0.25, -0.2) is 0 Å². The molecule has 0 amide bonds. The molecule has 2 unspecified atom stereocenters. The summed E-state index contributed by atoms with van der Waals surface area (Å²) in [6, 6.07) is 0.553. The van der Waals surface area contributed by atoms with Crippen molar-refractivity contribution in [3.05, 3.63) is 0 Å². The van der Waals surface area contributed by atoms with E-state index < -0.39 is 0 Å². The molecule has 1 aliphatic heterocycles. The lowest BCUT2D eigenvalue weighted by Gasteiger charge is -2.40. The fourth-order valence-corrected chi connectivity index (χ4v) is 3.81. The highest BCUT2D eigenvalue weighted by Gasteiger charge is 2.31. The highest BCUT2D eigenvalue weighted by atomic mass is 32.2. The summed E-state index contributed by atoms with van der Waals surface area (Å²) in [6.45, 7) is 5.66. The largest absolute Gasteiger partial charge is 0.356 e. The van der Waals surface area contributed by atoms with E-state index in [0.29, 0.717) is 17.2 Å². The number of thioether (sulfide) groups is 1. The van der Waals surface area contributed by atoms with Gasteiger partial charge >= 0.3 is 0 Å². The Hall–Kier alpha value is -0.180. The second kappa shape index (κ2) is 4.77. The Labute approximate surface area is 97.3 Å². The minimum atomic E-state index is 0.553. The van der Waals surface area contributed by atoms with E-state index in [1.54, 1.807) is 0 Å². The van der Waals surface area contributed by atoms with Gasteiger partial charge in [0.05, 0.1) is 5.84 Å². The van der Waals surface area contributed by atoms with Gasteiger partial charge < -0.3 is 4.90 Å². The van der Waals surface area contributed by atoms with E-state index in [-0.39, 0.29) is 0 Å². The smallest absolute Gasteiger partial charge is 0.0992 e. The first kappa shape index (κ1) is 11.3. The van der Waals surface area contributed by atoms with Crippen LogP contribution in [0.3, 0.4) is 0 Å². The monoisotopic (exact) mass is 226 g/mol. The Balaban J connectivity index is 1.98. The van der Waals surface area contributed by atoms with Crippen molar-refractivity contribution < 1.29 is 0 Å². The van der Waals surface area contributed by atoms with E-state index >= 15 is 0 Å². The van der Waals surface area contributed by atoms with E-state index in [1.165, 1.54) is 31.4 Å². The molecule has 0 aromatic carbocycles. The number of rotatable bonds is 1. The number of nitrogens with one attached hydrogen (secondary N) is 1. The van der Waals surface area contributed by atoms with Crippen LogP contribution in [0.5, 0.6) is 0 Å². The molecule has 86 valence electrons. The first-order valence-electron chi connectivity index (χ1n) is 6.17. The zero-order valence-corrected chi connectivity index (χ0v) is 10.6. The summed E-state index contributed by atoms with van der Waals surface area (Å²) in [5, 5.41) is 9.00. The van der Waals surface area contributed by atoms with Crippen molar-refractivity contribution in [3.63, 3.8) is 0 Å². The van der Waals surface area contributed by atoms with Crippen LogP contribution in [0, 0.1) is 11.3 Å². The van der Waals surface area contributed by atoms with Gasteiger partial charge in [0.15, 0.2) is 0 Å². The van der Waals surface area contributed by atoms with Gasteiger partial charge in [-0.2, -0.15) is 11.8 Å². The third kappa shape index (κ3) is 2.32. The Kier molecular flexibility index (Phi) is 3.60. The summed E-state index contributed by atoms with van der Waals surface area (Å²) in [5.41, 5.74) is 0. The van der Waals surface area contributed by atoms with Gasteiger partial charge in [0.25, 0.3) is 0 Å². The van der Waals surface area contributed by atoms with Crippen molar-refractivity contribution in [2.45, 2.75) is 50.8 Å². The number of hydrogen-bond acceptors (Lipinski definition) is 2. The Morgan fingerprint density at radius 2 is 1.93 bits per heavy atom. The highest BCUT2D eigenvalue weighted by Crippen LogP contribution is 2.31. The van der Waals surface area contributed by atoms with Crippen molar-refractivity contribution >= 4 is 17.6 Å². The Morgan fingerprint density at radius 3 is 2.60 bits per heavy atom. The van der Waals surface area contributed by atoms with Crippen molar-refractivity contribution in [3.8, 4) is 0 Å². The van der Waals surface area contributed by atoms with Gasteiger partial charge in [-0.15, -0.1) is 0 Å². The van der Waals surface area contributed by atoms with Crippen LogP contribution in [0.15, 0.2) is 0 Å². The number of hydrogen-bond donors (Lipinski definition) is 1. The van der Waals surface area contributed by atoms with Gasteiger partial charge in [-0.3, -0.25) is 5.41 Å². The molecule has 2 aliphatic rings. The van der Waals surface area contributed by atoms with E-state index in [2.05, 4.69) is 30.5 Å². The Morgan fingerprint density at radius 1 is 1.27 bits per heavy atom. The molecule has 1 heterocycles. The summed E-state index contributed by atoms with van der Waals surface area (Å²) in [4.78, 5) is 2.36. The molecule has 1 N–H and O–H groups in total. The molecule has 3 heteroatoms. The fraction of sp³-hybridized carbons (Fsp3) is 0.917. The zero-order chi connectivity index (χ0) is 10.8. The SMILES string of the molecule is CC1SCCN(C(=N)C2CCCC2)C1C. The molecule has 1 saturated heterocycles. The first-order valence-corrected chi connectivity index (χ1v) is 7.21. The number of amidine groups is 1. The standard InChI is InChI=1S/C12H22N2S/c1-9-10(2)15-8-7-14(9)12(13)11-5-3-4-6-11/h9-11,13H,3-8H2,1-2H3. The Bertz CT molecular complexity index is 236. The van der Waals surface area contributed by atoms with Crippen LogP contribution in [0.4, 0.5) is 0 Å². The molecule has 0 bridgehead atoms. The van der Waals surface area contributed by atoms with Gasteiger partial charge in [-0.1, -0.05) is 19.8 Å². The summed E-state index contributed by atoms with van der Waals surface area (Å²) >= 11 is 2.05. The molecular formula is C12H22N2S. The predicted molar refractivity (Wildman–Crippen MR) is 67.8 cm³/mol. The van der Waals surface area contributed by atoms with E-state index in [1.807, 2.05) is 0 Å². The molecule has 1 saturated carbocycles. The minimum Gasteiger partial charge on any atom is -0.356 e. The fourth-order valence-electron chi connectivity index (χ4n) is 2.71. The van der Waals surface area contributed by atoms with Crippen LogP contribution in [-0.2, 0) is 0 Å². The second-order valence-corrected chi connectivity index (χ2v) is 6.36. The van der Waals surface area contributed by atoms with Crippen LogP contribution in [0.1, 0.15) is 39.5 Å². The lowest BCUT2D eigenvalue weighted by atomic mass is 10.0. The third-order valence-corrected chi connectivity index (χ3v) is 5.27. The maximum atomic E-state index is 8.32. The molecule has 2 atom stereocenters. The molecule has 1 aliphatic carbocycles. The summed E-state index contributed by atoms with van der Waals surface area (Å²) < 4.78 is 0. The first-order chi connectivity index (χ1) is 7.20. The van der Waals surface area contributed by atoms with Gasteiger partial charge in [0.2, 0.25) is 0 Å². The van der Waals surface area contributed by atoms with E-state index in [0.717, 1.165) is 12.4 Å². The molecule has 0 spiro atoms. The molecule has 0 aromatic rings. The second-order valence-electron chi connectivity index (χ2n) is 4.88. The van der Waals surface area contributed by atoms with Gasteiger partial charge in [0.1, 0.15) is 0 Å². The van der Waals surface area contributed by atoms with Crippen molar-refractivity contribution in [2.24, 2.45) is 5.92 Å². The van der Waals surface area contributed by atoms with Crippen LogP contribution in [0.25, 0.3) is 0 Å². The van der Waals surface area contributed by atoms with Crippen molar-refractivity contribution in [2.75, 3.05) is 12.3 Å². The van der Waals surface area contributed by atoms with Gasteiger partial charge in [0, 0.05) is 29.5 Å². The molecular weight excluding hydrogens is 204 g/mol. The summed E-state index contributed by atoms with van der Waals surface area (Å²) in [6.07, 6.45) is 5.17. The lowest BCUT2D eigenvalue weighted by Crippen LogP contribution is -2.49. The topological polar surface area (TPSA) is 27.1 Å². The van der Waals surface area contributed by atoms with Crippen molar-refractivity contribution in [1.29, 1.82) is 5.41 Å². The van der Waals surface area contributed by atoms with E-state index in [4.69, 9.17) is 5.41 Å². The molecule has 0 aromatic heterocycles. The van der Waals surface area contributed by atoms with Crippen LogP contribution in [-0.4, -0.2) is 34.3 Å². The number of nitrogens with zero attached hydrogens (tertiary/aromatic N) is 1. The van der Waals surface area contributed by atoms with E-state index in [9.17, 15) is 0 Å². The van der Waals surface area contributed by atoms with Crippen LogP contribution >= 0.6 is 11.8 Å². The maximum absolute atomic E-state index is 8.32. The quantitative estimate of drug-likeness (QED) is 0.550. The third-order valence-electron chi connectivity index (χ3n) is 3.94. The predicted octanol–water partition coefficient (Wildman–Crippen LogP) is 2.98. The summed E-state index contributed by atoms with van der Waals surface area (Å²) in [5.74, 6) is 2.70. The minimum absolute atomic E-state index is 0.553. The summed E-state index contributed by atoms with van der Waals surface area (Å²) in [7, 11) is 0.